The van der Waals surface area contributed by atoms with Crippen LogP contribution >= 0.6 is 11.6 Å². The van der Waals surface area contributed by atoms with Crippen LogP contribution in [-0.4, -0.2) is 62.1 Å². The number of aryl methyl sites for hydroxylation is 1. The number of hydrogen-bond donors (Lipinski definition) is 3. The van der Waals surface area contributed by atoms with Crippen molar-refractivity contribution in [3.63, 3.8) is 0 Å². The Labute approximate surface area is 205 Å². The summed E-state index contributed by atoms with van der Waals surface area (Å²) < 4.78 is 5.02. The predicted octanol–water partition coefficient (Wildman–Crippen LogP) is 3.45. The molecule has 0 bridgehead atoms. The van der Waals surface area contributed by atoms with Gasteiger partial charge in [-0.15, -0.1) is 0 Å². The first kappa shape index (κ1) is 25.5. The van der Waals surface area contributed by atoms with Gasteiger partial charge in [0, 0.05) is 43.0 Å². The monoisotopic (exact) mass is 486 g/mol. The minimum Gasteiger partial charge on any atom is -0.383 e. The molecule has 1 fully saturated rings. The molecule has 2 aromatic rings. The number of rotatable bonds is 8. The van der Waals surface area contributed by atoms with E-state index in [1.54, 1.807) is 48.4 Å². The fourth-order valence-electron chi connectivity index (χ4n) is 4.04. The minimum absolute atomic E-state index is 0.106. The number of urea groups is 1. The third-order valence-electron chi connectivity index (χ3n) is 5.94. The molecule has 0 unspecified atom stereocenters. The second-order valence-corrected chi connectivity index (χ2v) is 8.75. The van der Waals surface area contributed by atoms with Crippen molar-refractivity contribution in [3.8, 4) is 0 Å². The number of nitrogens with one attached hydrogen (secondary N) is 3. The number of nitrogens with zero attached hydrogens (tertiary/aromatic N) is 1. The lowest BCUT2D eigenvalue weighted by Crippen LogP contribution is -2.54. The average molecular weight is 487 g/mol. The van der Waals surface area contributed by atoms with Crippen molar-refractivity contribution < 1.29 is 19.1 Å². The number of benzene rings is 2. The minimum atomic E-state index is -0.706. The van der Waals surface area contributed by atoms with E-state index in [-0.39, 0.29) is 23.8 Å². The number of likely N-dealkylation sites (tertiary alicyclic amines) is 1. The Morgan fingerprint density at radius 2 is 1.85 bits per heavy atom. The van der Waals surface area contributed by atoms with Crippen LogP contribution in [0.2, 0.25) is 5.02 Å². The maximum absolute atomic E-state index is 13.0. The second kappa shape index (κ2) is 12.4. The Morgan fingerprint density at radius 1 is 1.12 bits per heavy atom. The summed E-state index contributed by atoms with van der Waals surface area (Å²) in [5.41, 5.74) is 2.00. The van der Waals surface area contributed by atoms with Crippen molar-refractivity contribution in [3.05, 3.63) is 64.7 Å². The lowest BCUT2D eigenvalue weighted by molar-refractivity contribution is -0.124. The molecule has 0 spiro atoms. The quantitative estimate of drug-likeness (QED) is 0.497. The van der Waals surface area contributed by atoms with Gasteiger partial charge in [0.05, 0.1) is 6.61 Å². The molecule has 0 radical (unpaired) electrons. The third kappa shape index (κ3) is 6.95. The highest BCUT2D eigenvalue weighted by Gasteiger charge is 2.34. The van der Waals surface area contributed by atoms with Crippen molar-refractivity contribution >= 4 is 35.1 Å². The van der Waals surface area contributed by atoms with E-state index in [0.717, 1.165) is 5.56 Å². The molecule has 0 saturated carbocycles. The van der Waals surface area contributed by atoms with Crippen molar-refractivity contribution in [1.29, 1.82) is 0 Å². The van der Waals surface area contributed by atoms with E-state index in [2.05, 4.69) is 16.0 Å². The number of carbonyl (C=O) groups is 3. The van der Waals surface area contributed by atoms with Gasteiger partial charge < -0.3 is 25.6 Å². The molecular formula is C25H31ClN4O4. The molecule has 0 aliphatic carbocycles. The van der Waals surface area contributed by atoms with Crippen LogP contribution in [0, 0.1) is 12.8 Å². The number of ether oxygens (including phenoxy) is 1. The molecule has 1 saturated heterocycles. The fourth-order valence-corrected chi connectivity index (χ4v) is 4.23. The van der Waals surface area contributed by atoms with Gasteiger partial charge in [-0.1, -0.05) is 35.9 Å². The van der Waals surface area contributed by atoms with Gasteiger partial charge in [0.15, 0.2) is 0 Å². The number of piperidine rings is 1. The summed E-state index contributed by atoms with van der Waals surface area (Å²) in [4.78, 5) is 40.3. The Balaban J connectivity index is 1.64. The van der Waals surface area contributed by atoms with E-state index in [9.17, 15) is 14.4 Å². The standard InChI is InChI=1S/C25H31ClN4O4/c1-17-6-3-4-9-21(17)23(31)29-22(24(32)27-12-15-34-2)18-10-13-30(14-11-18)25(33)28-20-8-5-7-19(26)16-20/h3-9,16,18,22H,10-15H2,1-2H3,(H,27,32)(H,28,33)(H,29,31)/t22-/m1/s1. The van der Waals surface area contributed by atoms with Crippen molar-refractivity contribution in [1.82, 2.24) is 15.5 Å². The molecule has 3 N–H and O–H groups in total. The van der Waals surface area contributed by atoms with Gasteiger partial charge in [-0.25, -0.2) is 4.79 Å². The summed E-state index contributed by atoms with van der Waals surface area (Å²) in [6.07, 6.45) is 1.17. The highest BCUT2D eigenvalue weighted by Crippen LogP contribution is 2.23. The molecule has 1 heterocycles. The molecule has 1 atom stereocenters. The number of anilines is 1. The molecule has 8 nitrogen and oxygen atoms in total. The summed E-state index contributed by atoms with van der Waals surface area (Å²) in [5, 5.41) is 9.17. The Bertz CT molecular complexity index is 1010. The first-order valence-electron chi connectivity index (χ1n) is 11.3. The van der Waals surface area contributed by atoms with Crippen molar-refractivity contribution in [2.45, 2.75) is 25.8 Å². The molecule has 3 rings (SSSR count). The van der Waals surface area contributed by atoms with Gasteiger partial charge in [-0.2, -0.15) is 0 Å². The third-order valence-corrected chi connectivity index (χ3v) is 6.17. The zero-order valence-electron chi connectivity index (χ0n) is 19.5. The maximum atomic E-state index is 13.0. The highest BCUT2D eigenvalue weighted by molar-refractivity contribution is 6.30. The number of hydrogen-bond acceptors (Lipinski definition) is 4. The smallest absolute Gasteiger partial charge is 0.321 e. The van der Waals surface area contributed by atoms with E-state index >= 15 is 0 Å². The predicted molar refractivity (Wildman–Crippen MR) is 132 cm³/mol. The first-order valence-corrected chi connectivity index (χ1v) is 11.7. The first-order chi connectivity index (χ1) is 16.4. The Hall–Kier alpha value is -3.10. The largest absolute Gasteiger partial charge is 0.383 e. The van der Waals surface area contributed by atoms with Crippen LogP contribution in [-0.2, 0) is 9.53 Å². The van der Waals surface area contributed by atoms with Gasteiger partial charge >= 0.3 is 6.03 Å². The summed E-state index contributed by atoms with van der Waals surface area (Å²) in [6, 6.07) is 13.3. The fraction of sp³-hybridized carbons (Fsp3) is 0.400. The van der Waals surface area contributed by atoms with E-state index in [1.165, 1.54) is 0 Å². The number of carbonyl (C=O) groups excluding carboxylic acids is 3. The SMILES string of the molecule is COCCNC(=O)[C@H](NC(=O)c1ccccc1C)C1CCN(C(=O)Nc2cccc(Cl)c2)CC1. The van der Waals surface area contributed by atoms with E-state index < -0.39 is 6.04 Å². The van der Waals surface area contributed by atoms with E-state index in [0.29, 0.717) is 55.4 Å². The van der Waals surface area contributed by atoms with Crippen molar-refractivity contribution in [2.24, 2.45) is 5.92 Å². The Morgan fingerprint density at radius 3 is 2.53 bits per heavy atom. The van der Waals surface area contributed by atoms with Gasteiger partial charge in [0.2, 0.25) is 5.91 Å². The molecule has 182 valence electrons. The summed E-state index contributed by atoms with van der Waals surface area (Å²) in [5.74, 6) is -0.641. The van der Waals surface area contributed by atoms with Gasteiger partial charge in [-0.3, -0.25) is 9.59 Å². The zero-order valence-corrected chi connectivity index (χ0v) is 20.2. The highest BCUT2D eigenvalue weighted by atomic mass is 35.5. The maximum Gasteiger partial charge on any atom is 0.321 e. The lowest BCUT2D eigenvalue weighted by atomic mass is 9.88. The van der Waals surface area contributed by atoms with Crippen LogP contribution < -0.4 is 16.0 Å². The molecular weight excluding hydrogens is 456 g/mol. The Kier molecular flexibility index (Phi) is 9.30. The topological polar surface area (TPSA) is 99.8 Å². The number of amides is 4. The average Bonchev–Trinajstić information content (AvgIpc) is 2.83. The van der Waals surface area contributed by atoms with Gasteiger partial charge in [0.1, 0.15) is 6.04 Å². The normalized spacial score (nSPS) is 14.9. The molecule has 0 aromatic heterocycles. The number of methoxy groups -OCH3 is 1. The van der Waals surface area contributed by atoms with Crippen LogP contribution in [0.4, 0.5) is 10.5 Å². The molecule has 4 amide bonds. The van der Waals surface area contributed by atoms with Crippen LogP contribution in [0.3, 0.4) is 0 Å². The van der Waals surface area contributed by atoms with Crippen LogP contribution in [0.5, 0.6) is 0 Å². The molecule has 34 heavy (non-hydrogen) atoms. The van der Waals surface area contributed by atoms with Gasteiger partial charge in [0.25, 0.3) is 5.91 Å². The number of halogens is 1. The van der Waals surface area contributed by atoms with E-state index in [1.807, 2.05) is 19.1 Å². The molecule has 9 heteroatoms. The van der Waals surface area contributed by atoms with Crippen LogP contribution in [0.25, 0.3) is 0 Å². The van der Waals surface area contributed by atoms with Crippen LogP contribution in [0.1, 0.15) is 28.8 Å². The van der Waals surface area contributed by atoms with E-state index in [4.69, 9.17) is 16.3 Å². The zero-order chi connectivity index (χ0) is 24.5. The summed E-state index contributed by atoms with van der Waals surface area (Å²) >= 11 is 5.99. The van der Waals surface area contributed by atoms with Crippen LogP contribution in [0.15, 0.2) is 48.5 Å². The molecule has 1 aliphatic rings. The second-order valence-electron chi connectivity index (χ2n) is 8.31. The van der Waals surface area contributed by atoms with Gasteiger partial charge in [-0.05, 0) is 55.5 Å². The summed E-state index contributed by atoms with van der Waals surface area (Å²) in [6.45, 7) is 3.54. The molecule has 1 aliphatic heterocycles. The lowest BCUT2D eigenvalue weighted by Gasteiger charge is -2.35. The van der Waals surface area contributed by atoms with Crippen molar-refractivity contribution in [2.75, 3.05) is 38.7 Å². The summed E-state index contributed by atoms with van der Waals surface area (Å²) in [7, 11) is 1.56. The molecule has 2 aromatic carbocycles.